The normalized spacial score (nSPS) is 11.7. The molecule has 0 spiro atoms. The van der Waals surface area contributed by atoms with E-state index in [0.717, 1.165) is 12.1 Å². The third-order valence-electron chi connectivity index (χ3n) is 3.27. The number of ether oxygens (including phenoxy) is 1. The molecule has 2 amide bonds. The molecule has 6 nitrogen and oxygen atoms in total. The van der Waals surface area contributed by atoms with Gasteiger partial charge in [-0.1, -0.05) is 12.1 Å². The molecule has 8 heteroatoms. The van der Waals surface area contributed by atoms with Crippen LogP contribution < -0.4 is 15.4 Å². The van der Waals surface area contributed by atoms with Crippen LogP contribution >= 0.6 is 0 Å². The molecule has 1 aromatic heterocycles. The van der Waals surface area contributed by atoms with Crippen molar-refractivity contribution in [1.82, 2.24) is 15.6 Å². The predicted molar refractivity (Wildman–Crippen MR) is 82.3 cm³/mol. The Balaban J connectivity index is 1.83. The number of aliphatic hydroxyl groups is 1. The van der Waals surface area contributed by atoms with Crippen LogP contribution in [-0.4, -0.2) is 29.8 Å². The van der Waals surface area contributed by atoms with Gasteiger partial charge in [0.1, 0.15) is 0 Å². The highest BCUT2D eigenvalue weighted by Crippen LogP contribution is 2.16. The predicted octanol–water partition coefficient (Wildman–Crippen LogP) is 1.90. The molecule has 24 heavy (non-hydrogen) atoms. The monoisotopic (exact) mass is 337 g/mol. The van der Waals surface area contributed by atoms with E-state index in [1.165, 1.54) is 13.2 Å². The van der Waals surface area contributed by atoms with Crippen molar-refractivity contribution in [3.8, 4) is 5.88 Å². The lowest BCUT2D eigenvalue weighted by Crippen LogP contribution is -2.37. The number of hydrogen-bond donors (Lipinski definition) is 3. The molecule has 0 aliphatic heterocycles. The van der Waals surface area contributed by atoms with Crippen LogP contribution in [0.15, 0.2) is 36.5 Å². The number of halogens is 2. The Bertz CT molecular complexity index is 713. The zero-order valence-corrected chi connectivity index (χ0v) is 12.9. The van der Waals surface area contributed by atoms with Crippen molar-refractivity contribution in [3.63, 3.8) is 0 Å². The van der Waals surface area contributed by atoms with Crippen LogP contribution in [0.5, 0.6) is 5.88 Å². The van der Waals surface area contributed by atoms with Gasteiger partial charge in [0.05, 0.1) is 13.2 Å². The van der Waals surface area contributed by atoms with Gasteiger partial charge in [0.2, 0.25) is 5.88 Å². The largest absolute Gasteiger partial charge is 0.481 e. The number of nitrogens with one attached hydrogen (secondary N) is 2. The van der Waals surface area contributed by atoms with Gasteiger partial charge in [-0.25, -0.2) is 18.6 Å². The average molecular weight is 337 g/mol. The third kappa shape index (κ3) is 4.63. The van der Waals surface area contributed by atoms with E-state index in [1.807, 2.05) is 0 Å². The fourth-order valence-electron chi connectivity index (χ4n) is 2.01. The van der Waals surface area contributed by atoms with Crippen molar-refractivity contribution in [2.45, 2.75) is 12.6 Å². The minimum Gasteiger partial charge on any atom is -0.481 e. The Morgan fingerprint density at radius 2 is 2.08 bits per heavy atom. The zero-order valence-electron chi connectivity index (χ0n) is 12.9. The lowest BCUT2D eigenvalue weighted by molar-refractivity contribution is 0.172. The number of amides is 2. The highest BCUT2D eigenvalue weighted by molar-refractivity contribution is 5.73. The third-order valence-corrected chi connectivity index (χ3v) is 3.27. The number of carbonyl (C=O) groups excluding carboxylic acids is 1. The van der Waals surface area contributed by atoms with Crippen molar-refractivity contribution < 1.29 is 23.4 Å². The van der Waals surface area contributed by atoms with Crippen molar-refractivity contribution >= 4 is 6.03 Å². The minimum absolute atomic E-state index is 0.152. The van der Waals surface area contributed by atoms with Gasteiger partial charge in [0, 0.05) is 24.8 Å². The van der Waals surface area contributed by atoms with Gasteiger partial charge in [0.25, 0.3) is 0 Å². The highest BCUT2D eigenvalue weighted by atomic mass is 19.2. The van der Waals surface area contributed by atoms with Gasteiger partial charge >= 0.3 is 6.03 Å². The molecule has 1 atom stereocenters. The number of carbonyl (C=O) groups is 1. The van der Waals surface area contributed by atoms with E-state index in [0.29, 0.717) is 11.4 Å². The summed E-state index contributed by atoms with van der Waals surface area (Å²) in [7, 11) is 1.48. The summed E-state index contributed by atoms with van der Waals surface area (Å²) in [4.78, 5) is 15.7. The summed E-state index contributed by atoms with van der Waals surface area (Å²) in [6.45, 7) is 0.0329. The molecule has 3 N–H and O–H groups in total. The average Bonchev–Trinajstić information content (AvgIpc) is 2.60. The lowest BCUT2D eigenvalue weighted by atomic mass is 10.1. The maximum Gasteiger partial charge on any atom is 0.315 e. The van der Waals surface area contributed by atoms with Crippen LogP contribution in [0.4, 0.5) is 13.6 Å². The highest BCUT2D eigenvalue weighted by Gasteiger charge is 2.12. The Hall–Kier alpha value is -2.74. The molecule has 0 bridgehead atoms. The number of pyridine rings is 1. The number of urea groups is 1. The Morgan fingerprint density at radius 3 is 2.79 bits per heavy atom. The fraction of sp³-hybridized carbons (Fsp3) is 0.250. The number of rotatable bonds is 6. The maximum atomic E-state index is 13.1. The van der Waals surface area contributed by atoms with E-state index >= 15 is 0 Å². The standard InChI is InChI=1S/C16H17F2N3O3/c1-24-15-11(3-2-6-19-15)8-20-16(23)21-9-14(22)10-4-5-12(17)13(18)7-10/h2-7,14,22H,8-9H2,1H3,(H2,20,21,23). The summed E-state index contributed by atoms with van der Waals surface area (Å²) < 4.78 is 31.0. The molecular formula is C16H17F2N3O3. The summed E-state index contributed by atoms with van der Waals surface area (Å²) in [5, 5.41) is 14.9. The van der Waals surface area contributed by atoms with Gasteiger partial charge in [-0.3, -0.25) is 0 Å². The molecule has 1 aromatic carbocycles. The molecule has 0 fully saturated rings. The summed E-state index contributed by atoms with van der Waals surface area (Å²) in [6, 6.07) is 6.00. The van der Waals surface area contributed by atoms with Crippen LogP contribution in [0.2, 0.25) is 0 Å². The van der Waals surface area contributed by atoms with E-state index < -0.39 is 23.8 Å². The number of benzene rings is 1. The molecule has 0 saturated carbocycles. The van der Waals surface area contributed by atoms with Crippen LogP contribution in [0.25, 0.3) is 0 Å². The molecule has 0 saturated heterocycles. The summed E-state index contributed by atoms with van der Waals surface area (Å²) >= 11 is 0. The van der Waals surface area contributed by atoms with E-state index in [2.05, 4.69) is 15.6 Å². The second-order valence-corrected chi connectivity index (χ2v) is 4.92. The van der Waals surface area contributed by atoms with E-state index in [9.17, 15) is 18.7 Å². The molecule has 2 rings (SSSR count). The molecule has 0 aliphatic carbocycles. The topological polar surface area (TPSA) is 83.5 Å². The summed E-state index contributed by atoms with van der Waals surface area (Å²) in [6.07, 6.45) is 0.416. The fourth-order valence-corrected chi connectivity index (χ4v) is 2.01. The van der Waals surface area contributed by atoms with Crippen LogP contribution in [0.3, 0.4) is 0 Å². The van der Waals surface area contributed by atoms with Crippen LogP contribution in [0, 0.1) is 11.6 Å². The molecule has 0 aliphatic rings. The second kappa shape index (κ2) is 8.21. The zero-order chi connectivity index (χ0) is 17.5. The lowest BCUT2D eigenvalue weighted by Gasteiger charge is -2.13. The number of aliphatic hydroxyl groups excluding tert-OH is 1. The van der Waals surface area contributed by atoms with Crippen molar-refractivity contribution in [1.29, 1.82) is 0 Å². The molecule has 0 radical (unpaired) electrons. The minimum atomic E-state index is -1.15. The van der Waals surface area contributed by atoms with E-state index in [4.69, 9.17) is 4.74 Å². The van der Waals surface area contributed by atoms with Gasteiger partial charge in [-0.15, -0.1) is 0 Å². The van der Waals surface area contributed by atoms with Crippen molar-refractivity contribution in [3.05, 3.63) is 59.3 Å². The van der Waals surface area contributed by atoms with Crippen LogP contribution in [0.1, 0.15) is 17.2 Å². The van der Waals surface area contributed by atoms with Crippen molar-refractivity contribution in [2.24, 2.45) is 0 Å². The summed E-state index contributed by atoms with van der Waals surface area (Å²) in [5.41, 5.74) is 0.861. The number of aromatic nitrogens is 1. The molecular weight excluding hydrogens is 320 g/mol. The number of methoxy groups -OCH3 is 1. The quantitative estimate of drug-likeness (QED) is 0.752. The Labute approximate surface area is 137 Å². The molecule has 1 heterocycles. The first-order valence-corrected chi connectivity index (χ1v) is 7.14. The number of hydrogen-bond acceptors (Lipinski definition) is 4. The van der Waals surface area contributed by atoms with Crippen molar-refractivity contribution in [2.75, 3.05) is 13.7 Å². The summed E-state index contributed by atoms with van der Waals surface area (Å²) in [5.74, 6) is -1.65. The molecule has 2 aromatic rings. The van der Waals surface area contributed by atoms with Gasteiger partial charge < -0.3 is 20.5 Å². The second-order valence-electron chi connectivity index (χ2n) is 4.92. The van der Waals surface area contributed by atoms with E-state index in [1.54, 1.807) is 18.3 Å². The van der Waals surface area contributed by atoms with Gasteiger partial charge in [-0.05, 0) is 23.8 Å². The first-order chi connectivity index (χ1) is 11.5. The Kier molecular flexibility index (Phi) is 6.02. The van der Waals surface area contributed by atoms with E-state index in [-0.39, 0.29) is 18.7 Å². The van der Waals surface area contributed by atoms with Crippen LogP contribution in [-0.2, 0) is 6.54 Å². The Morgan fingerprint density at radius 1 is 1.29 bits per heavy atom. The molecule has 128 valence electrons. The molecule has 1 unspecified atom stereocenters. The van der Waals surface area contributed by atoms with Gasteiger partial charge in [-0.2, -0.15) is 0 Å². The number of nitrogens with zero attached hydrogens (tertiary/aromatic N) is 1. The first kappa shape index (κ1) is 17.6. The maximum absolute atomic E-state index is 13.1. The SMILES string of the molecule is COc1ncccc1CNC(=O)NCC(O)c1ccc(F)c(F)c1. The smallest absolute Gasteiger partial charge is 0.315 e. The first-order valence-electron chi connectivity index (χ1n) is 7.14. The van der Waals surface area contributed by atoms with Gasteiger partial charge in [0.15, 0.2) is 11.6 Å².